The van der Waals surface area contributed by atoms with Crippen molar-refractivity contribution in [3.63, 3.8) is 0 Å². The van der Waals surface area contributed by atoms with Crippen molar-refractivity contribution in [2.75, 3.05) is 12.4 Å². The molecule has 0 aliphatic heterocycles. The molecule has 0 saturated carbocycles. The maximum absolute atomic E-state index is 10.7. The lowest BCUT2D eigenvalue weighted by atomic mass is 10.1. The summed E-state index contributed by atoms with van der Waals surface area (Å²) in [6, 6.07) is 13.6. The van der Waals surface area contributed by atoms with Crippen molar-refractivity contribution in [3.05, 3.63) is 63.7 Å². The van der Waals surface area contributed by atoms with E-state index in [1.54, 1.807) is 7.11 Å². The minimum atomic E-state index is -0.523. The molecular formula is C15H13N3O3. The molecule has 106 valence electrons. The molecule has 0 atom stereocenters. The molecule has 21 heavy (non-hydrogen) atoms. The van der Waals surface area contributed by atoms with E-state index in [0.717, 1.165) is 11.3 Å². The lowest BCUT2D eigenvalue weighted by Crippen LogP contribution is -2.03. The van der Waals surface area contributed by atoms with Crippen LogP contribution in [0.3, 0.4) is 0 Å². The van der Waals surface area contributed by atoms with Gasteiger partial charge >= 0.3 is 0 Å². The quantitative estimate of drug-likeness (QED) is 0.673. The van der Waals surface area contributed by atoms with E-state index in [1.807, 2.05) is 30.3 Å². The molecule has 6 nitrogen and oxygen atoms in total. The second-order valence-electron chi connectivity index (χ2n) is 4.26. The van der Waals surface area contributed by atoms with E-state index in [0.29, 0.717) is 12.2 Å². The molecule has 2 rings (SSSR count). The van der Waals surface area contributed by atoms with E-state index < -0.39 is 4.92 Å². The van der Waals surface area contributed by atoms with Gasteiger partial charge in [0.15, 0.2) is 0 Å². The smallest absolute Gasteiger partial charge is 0.270 e. The topological polar surface area (TPSA) is 88.2 Å². The molecule has 6 heteroatoms. The number of hydrogen-bond donors (Lipinski definition) is 1. The van der Waals surface area contributed by atoms with Gasteiger partial charge in [0.1, 0.15) is 11.8 Å². The van der Waals surface area contributed by atoms with Crippen molar-refractivity contribution >= 4 is 11.4 Å². The summed E-state index contributed by atoms with van der Waals surface area (Å²) in [6.07, 6.45) is 0. The van der Waals surface area contributed by atoms with Crippen molar-refractivity contribution in [2.45, 2.75) is 6.54 Å². The fraction of sp³-hybridized carbons (Fsp3) is 0.133. The number of hydrogen-bond acceptors (Lipinski definition) is 5. The van der Waals surface area contributed by atoms with Crippen LogP contribution in [-0.4, -0.2) is 12.0 Å². The van der Waals surface area contributed by atoms with Crippen LogP contribution < -0.4 is 10.1 Å². The van der Waals surface area contributed by atoms with E-state index in [-0.39, 0.29) is 11.3 Å². The van der Waals surface area contributed by atoms with Crippen molar-refractivity contribution in [1.29, 1.82) is 5.26 Å². The Bertz CT molecular complexity index is 708. The number of nitrogens with zero attached hydrogens (tertiary/aromatic N) is 2. The highest BCUT2D eigenvalue weighted by molar-refractivity contribution is 5.61. The molecule has 0 bridgehead atoms. The number of non-ortho nitro benzene ring substituents is 1. The summed E-state index contributed by atoms with van der Waals surface area (Å²) >= 11 is 0. The lowest BCUT2D eigenvalue weighted by molar-refractivity contribution is -0.384. The minimum absolute atomic E-state index is 0.102. The standard InChI is InChI=1S/C15H13N3O3/c1-21-15-5-3-2-4-11(15)10-17-14-7-6-13(18(19)20)8-12(14)9-16/h2-8,17H,10H2,1H3. The fourth-order valence-corrected chi connectivity index (χ4v) is 1.93. The summed E-state index contributed by atoms with van der Waals surface area (Å²) in [5.74, 6) is 0.741. The molecule has 1 N–H and O–H groups in total. The molecule has 0 spiro atoms. The molecule has 0 amide bonds. The van der Waals surface area contributed by atoms with Crippen LogP contribution in [0.4, 0.5) is 11.4 Å². The number of benzene rings is 2. The number of nitro benzene ring substituents is 1. The Kier molecular flexibility index (Phi) is 4.36. The zero-order valence-electron chi connectivity index (χ0n) is 11.4. The zero-order chi connectivity index (χ0) is 15.2. The van der Waals surface area contributed by atoms with Crippen molar-refractivity contribution in [1.82, 2.24) is 0 Å². The molecule has 0 unspecified atom stereocenters. The second-order valence-corrected chi connectivity index (χ2v) is 4.26. The van der Waals surface area contributed by atoms with Crippen molar-refractivity contribution < 1.29 is 9.66 Å². The molecule has 2 aromatic carbocycles. The van der Waals surface area contributed by atoms with Crippen LogP contribution in [0.25, 0.3) is 0 Å². The second kappa shape index (κ2) is 6.39. The van der Waals surface area contributed by atoms with Gasteiger partial charge in [0.2, 0.25) is 0 Å². The van der Waals surface area contributed by atoms with Crippen LogP contribution >= 0.6 is 0 Å². The van der Waals surface area contributed by atoms with Gasteiger partial charge in [0, 0.05) is 24.2 Å². The third kappa shape index (κ3) is 3.28. The highest BCUT2D eigenvalue weighted by atomic mass is 16.6. The third-order valence-electron chi connectivity index (χ3n) is 3.00. The summed E-state index contributed by atoms with van der Waals surface area (Å²) in [6.45, 7) is 0.455. The first-order chi connectivity index (χ1) is 10.2. The molecule has 2 aromatic rings. The lowest BCUT2D eigenvalue weighted by Gasteiger charge is -2.11. The van der Waals surface area contributed by atoms with Gasteiger partial charge < -0.3 is 10.1 Å². The van der Waals surface area contributed by atoms with Crippen LogP contribution in [0.5, 0.6) is 5.75 Å². The average molecular weight is 283 g/mol. The molecule has 0 aliphatic rings. The number of nitriles is 1. The van der Waals surface area contributed by atoms with E-state index in [9.17, 15) is 10.1 Å². The van der Waals surface area contributed by atoms with Gasteiger partial charge in [-0.2, -0.15) is 5.26 Å². The van der Waals surface area contributed by atoms with Crippen LogP contribution in [0.15, 0.2) is 42.5 Å². The van der Waals surface area contributed by atoms with Gasteiger partial charge in [0.05, 0.1) is 23.3 Å². The van der Waals surface area contributed by atoms with Crippen LogP contribution in [0.1, 0.15) is 11.1 Å². The first kappa shape index (κ1) is 14.3. The van der Waals surface area contributed by atoms with Crippen LogP contribution in [0.2, 0.25) is 0 Å². The highest BCUT2D eigenvalue weighted by Gasteiger charge is 2.11. The Labute approximate surface area is 121 Å². The summed E-state index contributed by atoms with van der Waals surface area (Å²) in [7, 11) is 1.59. The van der Waals surface area contributed by atoms with E-state index in [2.05, 4.69) is 5.32 Å². The van der Waals surface area contributed by atoms with E-state index in [1.165, 1.54) is 18.2 Å². The van der Waals surface area contributed by atoms with Crippen LogP contribution in [0, 0.1) is 21.4 Å². The fourth-order valence-electron chi connectivity index (χ4n) is 1.93. The normalized spacial score (nSPS) is 9.71. The number of para-hydroxylation sites is 1. The predicted octanol–water partition coefficient (Wildman–Crippen LogP) is 3.09. The molecule has 0 heterocycles. The molecule has 0 fully saturated rings. The largest absolute Gasteiger partial charge is 0.496 e. The van der Waals surface area contributed by atoms with E-state index >= 15 is 0 Å². The molecule has 0 radical (unpaired) electrons. The number of nitro groups is 1. The number of nitrogens with one attached hydrogen (secondary N) is 1. The maximum Gasteiger partial charge on any atom is 0.270 e. The number of ether oxygens (including phenoxy) is 1. The molecule has 0 saturated heterocycles. The SMILES string of the molecule is COc1ccccc1CNc1ccc([N+](=O)[O-])cc1C#N. The maximum atomic E-state index is 10.7. The van der Waals surface area contributed by atoms with E-state index in [4.69, 9.17) is 10.00 Å². The summed E-state index contributed by atoms with van der Waals surface area (Å²) < 4.78 is 5.25. The Morgan fingerprint density at radius 2 is 2.10 bits per heavy atom. The third-order valence-corrected chi connectivity index (χ3v) is 3.00. The first-order valence-corrected chi connectivity index (χ1v) is 6.20. The number of methoxy groups -OCH3 is 1. The molecule has 0 aromatic heterocycles. The summed E-state index contributed by atoms with van der Waals surface area (Å²) in [4.78, 5) is 10.2. The van der Waals surface area contributed by atoms with Gasteiger partial charge in [0.25, 0.3) is 5.69 Å². The summed E-state index contributed by atoms with van der Waals surface area (Å²) in [5.41, 5.74) is 1.62. The van der Waals surface area contributed by atoms with Gasteiger partial charge in [-0.1, -0.05) is 18.2 Å². The average Bonchev–Trinajstić information content (AvgIpc) is 2.52. The van der Waals surface area contributed by atoms with Crippen molar-refractivity contribution in [2.24, 2.45) is 0 Å². The number of anilines is 1. The summed E-state index contributed by atoms with van der Waals surface area (Å²) in [5, 5.41) is 22.9. The highest BCUT2D eigenvalue weighted by Crippen LogP contribution is 2.23. The van der Waals surface area contributed by atoms with Crippen molar-refractivity contribution in [3.8, 4) is 11.8 Å². The molecule has 0 aliphatic carbocycles. The van der Waals surface area contributed by atoms with Crippen LogP contribution in [-0.2, 0) is 6.54 Å². The Morgan fingerprint density at radius 1 is 1.33 bits per heavy atom. The zero-order valence-corrected chi connectivity index (χ0v) is 11.4. The number of rotatable bonds is 5. The minimum Gasteiger partial charge on any atom is -0.496 e. The Balaban J connectivity index is 2.20. The Morgan fingerprint density at radius 3 is 2.76 bits per heavy atom. The van der Waals surface area contributed by atoms with Gasteiger partial charge in [-0.25, -0.2) is 0 Å². The first-order valence-electron chi connectivity index (χ1n) is 6.20. The van der Waals surface area contributed by atoms with Gasteiger partial charge in [-0.3, -0.25) is 10.1 Å². The monoisotopic (exact) mass is 283 g/mol. The molecular weight excluding hydrogens is 270 g/mol. The van der Waals surface area contributed by atoms with Gasteiger partial charge in [-0.05, 0) is 12.1 Å². The van der Waals surface area contributed by atoms with Gasteiger partial charge in [-0.15, -0.1) is 0 Å². The predicted molar refractivity (Wildman–Crippen MR) is 78.1 cm³/mol. The Hall–Kier alpha value is -3.07.